The van der Waals surface area contributed by atoms with Crippen LogP contribution in [0.15, 0.2) is 22.5 Å². The smallest absolute Gasteiger partial charge is 0.234 e. The molecule has 0 aliphatic heterocycles. The minimum absolute atomic E-state index is 0.101. The Bertz CT molecular complexity index is 619. The molecule has 0 bridgehead atoms. The van der Waals surface area contributed by atoms with E-state index < -0.39 is 0 Å². The van der Waals surface area contributed by atoms with Crippen molar-refractivity contribution in [3.8, 4) is 0 Å². The number of hydrogen-bond acceptors (Lipinski definition) is 5. The largest absolute Gasteiger partial charge is 0.375 e. The van der Waals surface area contributed by atoms with Crippen molar-refractivity contribution < 1.29 is 4.79 Å². The maximum atomic E-state index is 11.9. The van der Waals surface area contributed by atoms with Gasteiger partial charge in [-0.2, -0.15) is 0 Å². The highest BCUT2D eigenvalue weighted by molar-refractivity contribution is 8.01. The summed E-state index contributed by atoms with van der Waals surface area (Å²) in [6.07, 6.45) is 1.67. The third kappa shape index (κ3) is 3.88. The van der Waals surface area contributed by atoms with Crippen LogP contribution in [-0.2, 0) is 4.79 Å². The molecule has 7 heteroatoms. The molecule has 2 rings (SSSR count). The first kappa shape index (κ1) is 15.2. The zero-order valence-electron chi connectivity index (χ0n) is 11.1. The van der Waals surface area contributed by atoms with Crippen molar-refractivity contribution in [2.75, 3.05) is 16.8 Å². The maximum absolute atomic E-state index is 11.9. The Hall–Kier alpha value is -1.24. The lowest BCUT2D eigenvalue weighted by Crippen LogP contribution is -2.15. The number of aromatic nitrogens is 1. The van der Waals surface area contributed by atoms with Crippen molar-refractivity contribution in [1.82, 2.24) is 4.98 Å². The Balaban J connectivity index is 1.98. The Kier molecular flexibility index (Phi) is 4.91. The summed E-state index contributed by atoms with van der Waals surface area (Å²) in [5, 5.41) is 3.91. The molecule has 3 N–H and O–H groups in total. The Morgan fingerprint density at radius 2 is 2.25 bits per heavy atom. The third-order valence-corrected chi connectivity index (χ3v) is 4.86. The molecular formula is C13H14ClN3OS2. The zero-order chi connectivity index (χ0) is 14.7. The van der Waals surface area contributed by atoms with Crippen LogP contribution in [0.3, 0.4) is 0 Å². The lowest BCUT2D eigenvalue weighted by molar-refractivity contribution is -0.113. The molecule has 20 heavy (non-hydrogen) atoms. The van der Waals surface area contributed by atoms with Crippen LogP contribution in [0.1, 0.15) is 11.1 Å². The van der Waals surface area contributed by atoms with Gasteiger partial charge in [0.25, 0.3) is 0 Å². The quantitative estimate of drug-likeness (QED) is 0.840. The number of carbonyl (C=O) groups is 1. The molecule has 106 valence electrons. The zero-order valence-corrected chi connectivity index (χ0v) is 13.5. The van der Waals surface area contributed by atoms with Crippen molar-refractivity contribution in [3.05, 3.63) is 34.5 Å². The van der Waals surface area contributed by atoms with Crippen LogP contribution in [0.2, 0.25) is 5.02 Å². The number of anilines is 2. The van der Waals surface area contributed by atoms with E-state index in [4.69, 9.17) is 17.3 Å². The lowest BCUT2D eigenvalue weighted by atomic mass is 10.1. The van der Waals surface area contributed by atoms with E-state index >= 15 is 0 Å². The third-order valence-electron chi connectivity index (χ3n) is 2.54. The summed E-state index contributed by atoms with van der Waals surface area (Å²) < 4.78 is 0.921. The van der Waals surface area contributed by atoms with Crippen molar-refractivity contribution in [2.45, 2.75) is 18.1 Å². The number of nitrogens with two attached hydrogens (primary N) is 1. The minimum Gasteiger partial charge on any atom is -0.375 e. The van der Waals surface area contributed by atoms with Crippen molar-refractivity contribution >= 4 is 51.4 Å². The molecule has 0 radical (unpaired) electrons. The summed E-state index contributed by atoms with van der Waals surface area (Å²) in [5.41, 5.74) is 8.23. The highest BCUT2D eigenvalue weighted by atomic mass is 35.5. The molecule has 1 heterocycles. The Labute approximate surface area is 130 Å². The fourth-order valence-corrected chi connectivity index (χ4v) is 3.65. The molecule has 4 nitrogen and oxygen atoms in total. The molecule has 0 unspecified atom stereocenters. The van der Waals surface area contributed by atoms with Crippen molar-refractivity contribution in [3.63, 3.8) is 0 Å². The highest BCUT2D eigenvalue weighted by Gasteiger charge is 2.10. The molecule has 0 spiro atoms. The molecule has 1 aromatic heterocycles. The van der Waals surface area contributed by atoms with E-state index in [1.165, 1.54) is 23.1 Å². The van der Waals surface area contributed by atoms with Gasteiger partial charge in [0.15, 0.2) is 5.13 Å². The predicted octanol–water partition coefficient (Wildman–Crippen LogP) is 3.73. The summed E-state index contributed by atoms with van der Waals surface area (Å²) in [4.78, 5) is 15.9. The van der Waals surface area contributed by atoms with Crippen LogP contribution in [0, 0.1) is 13.8 Å². The summed E-state index contributed by atoms with van der Waals surface area (Å²) in [6, 6.07) is 3.82. The average molecular weight is 328 g/mol. The van der Waals surface area contributed by atoms with Crippen LogP contribution in [0.25, 0.3) is 0 Å². The number of thioether (sulfide) groups is 1. The van der Waals surface area contributed by atoms with E-state index in [2.05, 4.69) is 10.3 Å². The number of nitrogens with zero attached hydrogens (tertiary/aromatic N) is 1. The number of amides is 1. The van der Waals surface area contributed by atoms with Gasteiger partial charge in [0.1, 0.15) is 0 Å². The number of carbonyl (C=O) groups excluding carboxylic acids is 1. The molecular weight excluding hydrogens is 314 g/mol. The van der Waals surface area contributed by atoms with Crippen LogP contribution in [0.5, 0.6) is 0 Å². The van der Waals surface area contributed by atoms with Gasteiger partial charge in [-0.1, -0.05) is 29.0 Å². The Morgan fingerprint density at radius 1 is 1.50 bits per heavy atom. The maximum Gasteiger partial charge on any atom is 0.234 e. The number of halogens is 1. The van der Waals surface area contributed by atoms with Gasteiger partial charge in [-0.3, -0.25) is 4.79 Å². The fraction of sp³-hybridized carbons (Fsp3) is 0.231. The Morgan fingerprint density at radius 3 is 2.85 bits per heavy atom. The summed E-state index contributed by atoms with van der Waals surface area (Å²) in [5.74, 6) is 0.196. The van der Waals surface area contributed by atoms with E-state index in [-0.39, 0.29) is 5.91 Å². The second kappa shape index (κ2) is 6.47. The van der Waals surface area contributed by atoms with Gasteiger partial charge in [-0.15, -0.1) is 11.8 Å². The topological polar surface area (TPSA) is 68.0 Å². The van der Waals surface area contributed by atoms with Gasteiger partial charge in [-0.05, 0) is 31.0 Å². The normalized spacial score (nSPS) is 10.6. The number of nitrogens with one attached hydrogen (secondary N) is 1. The SMILES string of the molecule is Cc1cc(C)c(NC(=O)CSc2cnc(N)s2)c(Cl)c1. The molecule has 1 aromatic carbocycles. The molecule has 1 amide bonds. The van der Waals surface area contributed by atoms with Crippen LogP contribution in [0.4, 0.5) is 10.8 Å². The van der Waals surface area contributed by atoms with Gasteiger partial charge < -0.3 is 11.1 Å². The van der Waals surface area contributed by atoms with Gasteiger partial charge in [0, 0.05) is 0 Å². The number of thiazole rings is 1. The number of nitrogen functional groups attached to an aromatic ring is 1. The van der Waals surface area contributed by atoms with E-state index in [0.29, 0.717) is 21.6 Å². The lowest BCUT2D eigenvalue weighted by Gasteiger charge is -2.11. The molecule has 0 aliphatic carbocycles. The highest BCUT2D eigenvalue weighted by Crippen LogP contribution is 2.29. The minimum atomic E-state index is -0.101. The van der Waals surface area contributed by atoms with Gasteiger partial charge in [0.05, 0.1) is 26.9 Å². The predicted molar refractivity (Wildman–Crippen MR) is 86.8 cm³/mol. The first-order valence-corrected chi connectivity index (χ1v) is 8.04. The first-order valence-electron chi connectivity index (χ1n) is 5.86. The van der Waals surface area contributed by atoms with Gasteiger partial charge in [-0.25, -0.2) is 4.98 Å². The molecule has 0 saturated carbocycles. The fourth-order valence-electron chi connectivity index (χ4n) is 1.73. The monoisotopic (exact) mass is 327 g/mol. The number of hydrogen-bond donors (Lipinski definition) is 2. The molecule has 0 fully saturated rings. The molecule has 0 saturated heterocycles. The van der Waals surface area contributed by atoms with Crippen molar-refractivity contribution in [1.29, 1.82) is 0 Å². The van der Waals surface area contributed by atoms with E-state index in [1.54, 1.807) is 6.20 Å². The number of rotatable bonds is 4. The van der Waals surface area contributed by atoms with Crippen LogP contribution >= 0.6 is 34.7 Å². The standard InChI is InChI=1S/C13H14ClN3OS2/c1-7-3-8(2)12(9(14)4-7)17-10(18)6-19-11-5-16-13(15)20-11/h3-5H,6H2,1-2H3,(H2,15,16)(H,17,18). The van der Waals surface area contributed by atoms with Crippen LogP contribution in [-0.4, -0.2) is 16.6 Å². The van der Waals surface area contributed by atoms with Crippen molar-refractivity contribution in [2.24, 2.45) is 0 Å². The van der Waals surface area contributed by atoms with E-state index in [1.807, 2.05) is 26.0 Å². The summed E-state index contributed by atoms with van der Waals surface area (Å²) in [7, 11) is 0. The number of aryl methyl sites for hydroxylation is 2. The molecule has 0 atom stereocenters. The average Bonchev–Trinajstić information content (AvgIpc) is 2.77. The first-order chi connectivity index (χ1) is 9.45. The summed E-state index contributed by atoms with van der Waals surface area (Å²) >= 11 is 8.93. The second-order valence-corrected chi connectivity index (χ2v) is 7.04. The van der Waals surface area contributed by atoms with E-state index in [9.17, 15) is 4.79 Å². The molecule has 2 aromatic rings. The van der Waals surface area contributed by atoms with Gasteiger partial charge in [0.2, 0.25) is 5.91 Å². The second-order valence-electron chi connectivity index (χ2n) is 4.29. The summed E-state index contributed by atoms with van der Waals surface area (Å²) in [6.45, 7) is 3.89. The number of benzene rings is 1. The van der Waals surface area contributed by atoms with E-state index in [0.717, 1.165) is 15.3 Å². The molecule has 0 aliphatic rings. The van der Waals surface area contributed by atoms with Gasteiger partial charge >= 0.3 is 0 Å². The van der Waals surface area contributed by atoms with Crippen LogP contribution < -0.4 is 11.1 Å².